The van der Waals surface area contributed by atoms with Crippen LogP contribution in [0.1, 0.15) is 67.3 Å². The summed E-state index contributed by atoms with van der Waals surface area (Å²) in [5.41, 5.74) is -1.25. The molecule has 0 aromatic heterocycles. The third-order valence-electron chi connectivity index (χ3n) is 11.5. The van der Waals surface area contributed by atoms with Gasteiger partial charge in [-0.05, 0) is 74.5 Å². The van der Waals surface area contributed by atoms with Crippen molar-refractivity contribution in [3.63, 3.8) is 0 Å². The zero-order chi connectivity index (χ0) is 38.7. The second-order valence-electron chi connectivity index (χ2n) is 14.9. The van der Waals surface area contributed by atoms with Crippen molar-refractivity contribution in [3.8, 4) is 0 Å². The molecule has 3 aromatic rings. The molecule has 0 bridgehead atoms. The van der Waals surface area contributed by atoms with Crippen molar-refractivity contribution < 1.29 is 37.1 Å². The van der Waals surface area contributed by atoms with Gasteiger partial charge >= 0.3 is 12.3 Å². The van der Waals surface area contributed by atoms with Crippen LogP contribution in [0.2, 0.25) is 0 Å². The molecule has 0 saturated carbocycles. The molecular formula is C42H46F3N5O5. The summed E-state index contributed by atoms with van der Waals surface area (Å²) in [6, 6.07) is 20.8. The van der Waals surface area contributed by atoms with E-state index in [2.05, 4.69) is 10.2 Å². The van der Waals surface area contributed by atoms with Crippen molar-refractivity contribution in [2.24, 2.45) is 0 Å². The van der Waals surface area contributed by atoms with Crippen molar-refractivity contribution in [2.75, 3.05) is 32.8 Å². The fraction of sp³-hybridized carbons (Fsp3) is 0.429. The molecule has 1 N–H and O–H groups in total. The Morgan fingerprint density at radius 2 is 1.55 bits per heavy atom. The Kier molecular flexibility index (Phi) is 11.0. The van der Waals surface area contributed by atoms with Crippen molar-refractivity contribution in [2.45, 2.75) is 81.5 Å². The Hall–Kier alpha value is -5.17. The van der Waals surface area contributed by atoms with Gasteiger partial charge < -0.3 is 24.8 Å². The SMILES string of the molecule is C[C@](C(=O)NCc1cccc(C(F)(F)F)c1)(C(=O)N1CCC(N2CCCCC2)CC1)N1C(=O)[C@@H](N2C(=O)OC[C@@H]2c2ccccc2)[C@H]1C=Cc1ccccc1. The van der Waals surface area contributed by atoms with Gasteiger partial charge in [-0.15, -0.1) is 0 Å². The molecule has 3 aromatic carbocycles. The highest BCUT2D eigenvalue weighted by Crippen LogP contribution is 2.42. The zero-order valence-corrected chi connectivity index (χ0v) is 30.8. The van der Waals surface area contributed by atoms with E-state index in [-0.39, 0.29) is 18.7 Å². The Morgan fingerprint density at radius 3 is 2.22 bits per heavy atom. The number of carbonyl (C=O) groups excluding carboxylic acids is 4. The number of amides is 4. The van der Waals surface area contributed by atoms with Gasteiger partial charge in [0.1, 0.15) is 12.6 Å². The van der Waals surface area contributed by atoms with Gasteiger partial charge in [-0.25, -0.2) is 4.79 Å². The van der Waals surface area contributed by atoms with E-state index in [0.717, 1.165) is 49.2 Å². The molecule has 4 aliphatic rings. The number of ether oxygens (including phenoxy) is 1. The maximum Gasteiger partial charge on any atom is 0.416 e. The van der Waals surface area contributed by atoms with Crippen molar-refractivity contribution >= 4 is 29.9 Å². The fourth-order valence-electron chi connectivity index (χ4n) is 8.48. The van der Waals surface area contributed by atoms with Crippen LogP contribution in [0.3, 0.4) is 0 Å². The number of likely N-dealkylation sites (tertiary alicyclic amines) is 3. The molecule has 290 valence electrons. The number of halogens is 3. The summed E-state index contributed by atoms with van der Waals surface area (Å²) < 4.78 is 46.2. The normalized spacial score (nSPS) is 23.7. The number of cyclic esters (lactones) is 1. The molecule has 0 aliphatic carbocycles. The van der Waals surface area contributed by atoms with E-state index in [1.807, 2.05) is 60.7 Å². The van der Waals surface area contributed by atoms with Gasteiger partial charge in [0, 0.05) is 25.7 Å². The van der Waals surface area contributed by atoms with Gasteiger partial charge in [0.25, 0.3) is 11.8 Å². The van der Waals surface area contributed by atoms with Gasteiger partial charge in [-0.2, -0.15) is 13.2 Å². The van der Waals surface area contributed by atoms with Crippen LogP contribution in [0.25, 0.3) is 6.08 Å². The van der Waals surface area contributed by atoms with Crippen LogP contribution in [-0.2, 0) is 31.8 Å². The molecule has 55 heavy (non-hydrogen) atoms. The van der Waals surface area contributed by atoms with Crippen LogP contribution < -0.4 is 5.32 Å². The first-order valence-electron chi connectivity index (χ1n) is 19.0. The smallest absolute Gasteiger partial charge is 0.416 e. The molecule has 4 aliphatic heterocycles. The number of benzene rings is 3. The summed E-state index contributed by atoms with van der Waals surface area (Å²) in [4.78, 5) is 64.3. The van der Waals surface area contributed by atoms with Crippen molar-refractivity contribution in [1.82, 2.24) is 24.9 Å². The van der Waals surface area contributed by atoms with E-state index >= 15 is 0 Å². The fourth-order valence-corrected chi connectivity index (χ4v) is 8.48. The average Bonchev–Trinajstić information content (AvgIpc) is 3.58. The quantitative estimate of drug-likeness (QED) is 0.200. The zero-order valence-electron chi connectivity index (χ0n) is 30.8. The van der Waals surface area contributed by atoms with Crippen LogP contribution in [0.4, 0.5) is 18.0 Å². The Labute approximate surface area is 318 Å². The average molecular weight is 758 g/mol. The van der Waals surface area contributed by atoms with Gasteiger partial charge in [0.05, 0.1) is 17.6 Å². The molecule has 7 rings (SSSR count). The first-order chi connectivity index (χ1) is 26.5. The number of β-lactam (4-membered cyclic amide) rings is 1. The van der Waals surface area contributed by atoms with Crippen molar-refractivity contribution in [1.29, 1.82) is 0 Å². The number of nitrogens with zero attached hydrogens (tertiary/aromatic N) is 4. The van der Waals surface area contributed by atoms with Crippen LogP contribution in [0, 0.1) is 0 Å². The molecule has 4 saturated heterocycles. The van der Waals surface area contributed by atoms with E-state index < -0.39 is 59.2 Å². The van der Waals surface area contributed by atoms with Crippen LogP contribution in [0.15, 0.2) is 91.0 Å². The number of rotatable bonds is 10. The van der Waals surface area contributed by atoms with E-state index in [1.165, 1.54) is 35.3 Å². The molecule has 13 heteroatoms. The maximum atomic E-state index is 14.9. The molecule has 0 unspecified atom stereocenters. The highest BCUT2D eigenvalue weighted by molar-refractivity contribution is 6.14. The molecule has 4 heterocycles. The van der Waals surface area contributed by atoms with Gasteiger partial charge in [-0.3, -0.25) is 19.3 Å². The summed E-state index contributed by atoms with van der Waals surface area (Å²) in [6.07, 6.45) is 3.12. The van der Waals surface area contributed by atoms with Gasteiger partial charge in [0.2, 0.25) is 5.91 Å². The van der Waals surface area contributed by atoms with Crippen LogP contribution >= 0.6 is 0 Å². The Balaban J connectivity index is 1.23. The molecule has 0 radical (unpaired) electrons. The lowest BCUT2D eigenvalue weighted by molar-refractivity contribution is -0.179. The van der Waals surface area contributed by atoms with E-state index in [4.69, 9.17) is 4.74 Å². The largest absolute Gasteiger partial charge is 0.447 e. The molecular weight excluding hydrogens is 711 g/mol. The van der Waals surface area contributed by atoms with Gasteiger partial charge in [-0.1, -0.05) is 91.4 Å². The number of alkyl halides is 3. The van der Waals surface area contributed by atoms with Gasteiger partial charge in [0.15, 0.2) is 5.54 Å². The van der Waals surface area contributed by atoms with Crippen LogP contribution in [0.5, 0.6) is 0 Å². The lowest BCUT2D eigenvalue weighted by atomic mass is 9.81. The Bertz CT molecular complexity index is 1900. The lowest BCUT2D eigenvalue weighted by Crippen LogP contribution is -2.80. The summed E-state index contributed by atoms with van der Waals surface area (Å²) in [5.74, 6) is -2.03. The number of hydrogen-bond acceptors (Lipinski definition) is 6. The summed E-state index contributed by atoms with van der Waals surface area (Å²) in [7, 11) is 0. The predicted molar refractivity (Wildman–Crippen MR) is 199 cm³/mol. The first kappa shape index (κ1) is 38.1. The number of hydrogen-bond donors (Lipinski definition) is 1. The third-order valence-corrected chi connectivity index (χ3v) is 11.5. The standard InChI is InChI=1S/C42H46F3N5O5/c1-41(38(52)46-27-30-14-11-17-32(26-30)42(43,44)45,39(53)48-24-20-33(21-25-48)47-22-9-4-10-23-47)50-34(19-18-29-12-5-2-6-13-29)36(37(50)51)49-35(28-55-40(49)54)31-15-7-3-8-16-31/h2-3,5-8,11-19,26,33-36H,4,9-10,20-25,27-28H2,1H3,(H,46,52)/t34-,35-,36+,41+/m1/s1. The minimum Gasteiger partial charge on any atom is -0.447 e. The number of carbonyl (C=O) groups is 4. The minimum atomic E-state index is -4.59. The molecule has 4 atom stereocenters. The Morgan fingerprint density at radius 1 is 0.873 bits per heavy atom. The summed E-state index contributed by atoms with van der Waals surface area (Å²) in [6.45, 7) is 3.88. The molecule has 10 nitrogen and oxygen atoms in total. The number of piperidine rings is 2. The third kappa shape index (κ3) is 7.71. The molecule has 4 amide bonds. The van der Waals surface area contributed by atoms with Crippen LogP contribution in [-0.4, -0.2) is 99.9 Å². The van der Waals surface area contributed by atoms with E-state index in [0.29, 0.717) is 32.0 Å². The second kappa shape index (κ2) is 15.9. The number of nitrogens with one attached hydrogen (secondary N) is 1. The van der Waals surface area contributed by atoms with E-state index in [1.54, 1.807) is 17.1 Å². The highest BCUT2D eigenvalue weighted by atomic mass is 19.4. The van der Waals surface area contributed by atoms with Crippen molar-refractivity contribution in [3.05, 3.63) is 113 Å². The lowest BCUT2D eigenvalue weighted by Gasteiger charge is -2.56. The summed E-state index contributed by atoms with van der Waals surface area (Å²) in [5, 5.41) is 2.71. The highest BCUT2D eigenvalue weighted by Gasteiger charge is 2.64. The topological polar surface area (TPSA) is 103 Å². The van der Waals surface area contributed by atoms with E-state index in [9.17, 15) is 32.3 Å². The monoisotopic (exact) mass is 757 g/mol. The predicted octanol–water partition coefficient (Wildman–Crippen LogP) is 6.04. The minimum absolute atomic E-state index is 0.0153. The first-order valence-corrected chi connectivity index (χ1v) is 19.0. The maximum absolute atomic E-state index is 14.9. The molecule has 0 spiro atoms. The molecule has 4 fully saturated rings. The summed E-state index contributed by atoms with van der Waals surface area (Å²) >= 11 is 0. The second-order valence-corrected chi connectivity index (χ2v) is 14.9.